The van der Waals surface area contributed by atoms with E-state index in [1.807, 2.05) is 6.07 Å². The lowest BCUT2D eigenvalue weighted by atomic mass is 9.87. The SMILES string of the molecule is O=C(NCCCSCc1ccccc1F)[C@H]1CCC[C@@H](O)C1. The highest BCUT2D eigenvalue weighted by Gasteiger charge is 2.25. The molecule has 0 heterocycles. The van der Waals surface area contributed by atoms with Gasteiger partial charge in [0.25, 0.3) is 0 Å². The van der Waals surface area contributed by atoms with E-state index < -0.39 is 0 Å². The molecule has 0 spiro atoms. The average Bonchev–Trinajstić information content (AvgIpc) is 2.52. The predicted molar refractivity (Wildman–Crippen MR) is 88.2 cm³/mol. The number of benzene rings is 1. The standard InChI is InChI=1S/C17H24FNO2S/c18-16-8-2-1-5-14(16)12-22-10-4-9-19-17(21)13-6-3-7-15(20)11-13/h1-2,5,8,13,15,20H,3-4,6-7,9-12H2,(H,19,21)/t13-,15+/m0/s1. The number of hydrogen-bond donors (Lipinski definition) is 2. The lowest BCUT2D eigenvalue weighted by molar-refractivity contribution is -0.127. The first-order valence-corrected chi connectivity index (χ1v) is 9.09. The molecule has 1 aromatic carbocycles. The Labute approximate surface area is 135 Å². The Balaban J connectivity index is 1.55. The zero-order valence-corrected chi connectivity index (χ0v) is 13.6. The van der Waals surface area contributed by atoms with Gasteiger partial charge in [0.2, 0.25) is 5.91 Å². The van der Waals surface area contributed by atoms with Gasteiger partial charge < -0.3 is 10.4 Å². The van der Waals surface area contributed by atoms with Crippen molar-refractivity contribution in [3.8, 4) is 0 Å². The van der Waals surface area contributed by atoms with Crippen LogP contribution in [0, 0.1) is 11.7 Å². The number of rotatable bonds is 7. The molecule has 0 bridgehead atoms. The molecule has 1 aromatic rings. The number of halogens is 1. The fourth-order valence-corrected chi connectivity index (χ4v) is 3.68. The van der Waals surface area contributed by atoms with Crippen molar-refractivity contribution in [2.24, 2.45) is 5.92 Å². The van der Waals surface area contributed by atoms with Gasteiger partial charge in [-0.2, -0.15) is 11.8 Å². The van der Waals surface area contributed by atoms with Crippen LogP contribution in [0.1, 0.15) is 37.7 Å². The second kappa shape index (κ2) is 9.16. The Bertz CT molecular complexity index is 483. The van der Waals surface area contributed by atoms with Gasteiger partial charge in [0.15, 0.2) is 0 Å². The Hall–Kier alpha value is -1.07. The summed E-state index contributed by atoms with van der Waals surface area (Å²) in [5.41, 5.74) is 0.729. The summed E-state index contributed by atoms with van der Waals surface area (Å²) in [4.78, 5) is 12.0. The normalized spacial score (nSPS) is 21.5. The van der Waals surface area contributed by atoms with Crippen LogP contribution in [0.2, 0.25) is 0 Å². The Kier molecular flexibility index (Phi) is 7.19. The van der Waals surface area contributed by atoms with Crippen molar-refractivity contribution in [2.45, 2.75) is 44.0 Å². The lowest BCUT2D eigenvalue weighted by Gasteiger charge is -2.24. The molecule has 5 heteroatoms. The van der Waals surface area contributed by atoms with E-state index in [0.717, 1.165) is 37.0 Å². The van der Waals surface area contributed by atoms with Crippen molar-refractivity contribution in [1.29, 1.82) is 0 Å². The average molecular weight is 325 g/mol. The van der Waals surface area contributed by atoms with Crippen LogP contribution in [0.5, 0.6) is 0 Å². The Morgan fingerprint density at radius 3 is 2.95 bits per heavy atom. The molecule has 1 amide bonds. The van der Waals surface area contributed by atoms with E-state index in [-0.39, 0.29) is 23.7 Å². The smallest absolute Gasteiger partial charge is 0.223 e. The third kappa shape index (κ3) is 5.61. The van der Waals surface area contributed by atoms with E-state index in [1.165, 1.54) is 6.07 Å². The van der Waals surface area contributed by atoms with Crippen LogP contribution in [0.3, 0.4) is 0 Å². The molecule has 2 rings (SSSR count). The van der Waals surface area contributed by atoms with Crippen molar-refractivity contribution >= 4 is 17.7 Å². The fourth-order valence-electron chi connectivity index (χ4n) is 2.73. The van der Waals surface area contributed by atoms with Gasteiger partial charge >= 0.3 is 0 Å². The summed E-state index contributed by atoms with van der Waals surface area (Å²) in [6.07, 6.45) is 3.77. The number of aliphatic hydroxyl groups is 1. The minimum atomic E-state index is -0.319. The molecule has 0 aliphatic heterocycles. The van der Waals surface area contributed by atoms with Crippen LogP contribution in [0.25, 0.3) is 0 Å². The van der Waals surface area contributed by atoms with E-state index in [0.29, 0.717) is 18.7 Å². The van der Waals surface area contributed by atoms with E-state index in [9.17, 15) is 14.3 Å². The molecular weight excluding hydrogens is 301 g/mol. The molecule has 122 valence electrons. The molecule has 1 saturated carbocycles. The van der Waals surface area contributed by atoms with Crippen LogP contribution >= 0.6 is 11.8 Å². The lowest BCUT2D eigenvalue weighted by Crippen LogP contribution is -2.35. The topological polar surface area (TPSA) is 49.3 Å². The zero-order valence-electron chi connectivity index (χ0n) is 12.8. The molecule has 0 saturated heterocycles. The predicted octanol–water partition coefficient (Wildman–Crippen LogP) is 3.12. The van der Waals surface area contributed by atoms with Gasteiger partial charge in [0, 0.05) is 18.2 Å². The molecule has 1 fully saturated rings. The molecule has 3 nitrogen and oxygen atoms in total. The number of hydrogen-bond acceptors (Lipinski definition) is 3. The van der Waals surface area contributed by atoms with Crippen molar-refractivity contribution in [2.75, 3.05) is 12.3 Å². The summed E-state index contributed by atoms with van der Waals surface area (Å²) in [6.45, 7) is 0.649. The summed E-state index contributed by atoms with van der Waals surface area (Å²) < 4.78 is 13.4. The number of amides is 1. The first kappa shape index (κ1) is 17.3. The molecule has 0 unspecified atom stereocenters. The molecule has 1 aliphatic carbocycles. The quantitative estimate of drug-likeness (QED) is 0.757. The largest absolute Gasteiger partial charge is 0.393 e. The van der Waals surface area contributed by atoms with Crippen molar-refractivity contribution in [3.63, 3.8) is 0 Å². The second-order valence-electron chi connectivity index (χ2n) is 5.81. The third-order valence-corrected chi connectivity index (χ3v) is 5.09. The summed E-state index contributed by atoms with van der Waals surface area (Å²) in [6, 6.07) is 6.83. The fraction of sp³-hybridized carbons (Fsp3) is 0.588. The molecule has 22 heavy (non-hydrogen) atoms. The van der Waals surface area contributed by atoms with Crippen LogP contribution in [0.15, 0.2) is 24.3 Å². The second-order valence-corrected chi connectivity index (χ2v) is 6.91. The highest BCUT2D eigenvalue weighted by molar-refractivity contribution is 7.98. The summed E-state index contributed by atoms with van der Waals surface area (Å²) in [5, 5.41) is 12.5. The highest BCUT2D eigenvalue weighted by atomic mass is 32.2. The molecule has 1 aliphatic rings. The van der Waals surface area contributed by atoms with Crippen LogP contribution < -0.4 is 5.32 Å². The van der Waals surface area contributed by atoms with E-state index in [1.54, 1.807) is 23.9 Å². The van der Waals surface area contributed by atoms with Crippen LogP contribution in [-0.2, 0) is 10.5 Å². The van der Waals surface area contributed by atoms with Crippen molar-refractivity contribution in [1.82, 2.24) is 5.32 Å². The monoisotopic (exact) mass is 325 g/mol. The number of nitrogens with one attached hydrogen (secondary N) is 1. The minimum absolute atomic E-state index is 0.0326. The molecule has 2 N–H and O–H groups in total. The van der Waals surface area contributed by atoms with Gasteiger partial charge in [-0.25, -0.2) is 4.39 Å². The van der Waals surface area contributed by atoms with E-state index in [4.69, 9.17) is 0 Å². The van der Waals surface area contributed by atoms with E-state index in [2.05, 4.69) is 5.32 Å². The molecule has 0 aromatic heterocycles. The first-order valence-electron chi connectivity index (χ1n) is 7.93. The Morgan fingerprint density at radius 2 is 2.18 bits per heavy atom. The van der Waals surface area contributed by atoms with Crippen molar-refractivity contribution in [3.05, 3.63) is 35.6 Å². The maximum atomic E-state index is 13.4. The zero-order chi connectivity index (χ0) is 15.8. The summed E-state index contributed by atoms with van der Waals surface area (Å²) in [7, 11) is 0. The number of carbonyl (C=O) groups excluding carboxylic acids is 1. The van der Waals surface area contributed by atoms with Gasteiger partial charge in [-0.15, -0.1) is 0 Å². The maximum Gasteiger partial charge on any atom is 0.223 e. The molecular formula is C17H24FNO2S. The highest BCUT2D eigenvalue weighted by Crippen LogP contribution is 2.24. The maximum absolute atomic E-state index is 13.4. The molecule has 0 radical (unpaired) electrons. The van der Waals surface area contributed by atoms with Gasteiger partial charge in [-0.3, -0.25) is 4.79 Å². The minimum Gasteiger partial charge on any atom is -0.393 e. The Morgan fingerprint density at radius 1 is 1.36 bits per heavy atom. The third-order valence-electron chi connectivity index (χ3n) is 4.00. The van der Waals surface area contributed by atoms with E-state index >= 15 is 0 Å². The van der Waals surface area contributed by atoms with Crippen LogP contribution in [-0.4, -0.2) is 29.4 Å². The summed E-state index contributed by atoms with van der Waals surface area (Å²) >= 11 is 1.68. The molecule has 2 atom stereocenters. The van der Waals surface area contributed by atoms with Crippen LogP contribution in [0.4, 0.5) is 4.39 Å². The summed E-state index contributed by atoms with van der Waals surface area (Å²) in [5.74, 6) is 1.43. The number of carbonyl (C=O) groups is 1. The number of thioether (sulfide) groups is 1. The van der Waals surface area contributed by atoms with Gasteiger partial charge in [-0.05, 0) is 43.1 Å². The van der Waals surface area contributed by atoms with Gasteiger partial charge in [0.1, 0.15) is 5.82 Å². The van der Waals surface area contributed by atoms with Crippen molar-refractivity contribution < 1.29 is 14.3 Å². The van der Waals surface area contributed by atoms with Gasteiger partial charge in [0.05, 0.1) is 6.10 Å². The first-order chi connectivity index (χ1) is 10.7. The number of aliphatic hydroxyl groups excluding tert-OH is 1. The van der Waals surface area contributed by atoms with Gasteiger partial charge in [-0.1, -0.05) is 24.6 Å².